The van der Waals surface area contributed by atoms with Crippen molar-refractivity contribution in [3.05, 3.63) is 48.3 Å². The Hall–Kier alpha value is -1.62. The average molecular weight is 292 g/mol. The van der Waals surface area contributed by atoms with E-state index in [4.69, 9.17) is 4.84 Å². The van der Waals surface area contributed by atoms with Crippen LogP contribution in [0.2, 0.25) is 0 Å². The lowest BCUT2D eigenvalue weighted by Crippen LogP contribution is -1.96. The van der Waals surface area contributed by atoms with E-state index in [1.54, 1.807) is 0 Å². The predicted molar refractivity (Wildman–Crippen MR) is 68.4 cm³/mol. The number of hydrogen-bond donors (Lipinski definition) is 0. The van der Waals surface area contributed by atoms with Gasteiger partial charge in [0.15, 0.2) is 6.10 Å². The Morgan fingerprint density at radius 2 is 2.12 bits per heavy atom. The quantitative estimate of drug-likeness (QED) is 0.853. The molecule has 1 atom stereocenters. The Kier molecular flexibility index (Phi) is 2.68. The number of aromatic nitrogens is 2. The number of halogens is 1. The van der Waals surface area contributed by atoms with E-state index in [1.165, 1.54) is 0 Å². The van der Waals surface area contributed by atoms with Crippen LogP contribution in [0.3, 0.4) is 0 Å². The van der Waals surface area contributed by atoms with E-state index in [2.05, 4.69) is 26.2 Å². The lowest BCUT2D eigenvalue weighted by molar-refractivity contribution is 0.0857. The van der Waals surface area contributed by atoms with Crippen molar-refractivity contribution in [3.63, 3.8) is 0 Å². The number of para-hydroxylation sites is 1. The van der Waals surface area contributed by atoms with Crippen LogP contribution in [-0.4, -0.2) is 14.4 Å². The van der Waals surface area contributed by atoms with Crippen LogP contribution in [0, 0.1) is 0 Å². The highest BCUT2D eigenvalue weighted by Crippen LogP contribution is 2.28. The van der Waals surface area contributed by atoms with Crippen molar-refractivity contribution in [1.29, 1.82) is 0 Å². The van der Waals surface area contributed by atoms with Gasteiger partial charge in [-0.05, 0) is 28.1 Å². The Balaban J connectivity index is 1.84. The Bertz CT molecular complexity index is 550. The van der Waals surface area contributed by atoms with Crippen LogP contribution in [0.4, 0.5) is 0 Å². The molecule has 0 saturated heterocycles. The van der Waals surface area contributed by atoms with Crippen LogP contribution in [0.15, 0.2) is 47.9 Å². The molecule has 2 heterocycles. The molecule has 2 aromatic rings. The highest BCUT2D eigenvalue weighted by Gasteiger charge is 2.22. The third-order valence-electron chi connectivity index (χ3n) is 2.63. The normalized spacial score (nSPS) is 18.9. The maximum Gasteiger partial charge on any atom is 0.161 e. The molecule has 0 spiro atoms. The van der Waals surface area contributed by atoms with Crippen molar-refractivity contribution in [2.45, 2.75) is 12.5 Å². The summed E-state index contributed by atoms with van der Waals surface area (Å²) >= 11 is 3.33. The summed E-state index contributed by atoms with van der Waals surface area (Å²) in [7, 11) is 0. The highest BCUT2D eigenvalue weighted by atomic mass is 79.9. The first-order valence-electron chi connectivity index (χ1n) is 5.31. The molecule has 0 radical (unpaired) electrons. The second kappa shape index (κ2) is 4.33. The molecule has 0 fully saturated rings. The summed E-state index contributed by atoms with van der Waals surface area (Å²) in [5.41, 5.74) is 2.07. The molecule has 0 aliphatic carbocycles. The molecule has 0 N–H and O–H groups in total. The maximum absolute atomic E-state index is 5.29. The standard InChI is InChI=1S/C12H10BrN3O/c13-12-6-11(17-15-12)9-7-14-16(8-9)10-4-2-1-3-5-10/h1-5,7-8,11H,6H2/t11-/m0/s1. The molecule has 3 rings (SSSR count). The monoisotopic (exact) mass is 291 g/mol. The van der Waals surface area contributed by atoms with Gasteiger partial charge in [-0.2, -0.15) is 5.10 Å². The van der Waals surface area contributed by atoms with Crippen LogP contribution in [0.1, 0.15) is 18.1 Å². The summed E-state index contributed by atoms with van der Waals surface area (Å²) in [6, 6.07) is 9.99. The molecule has 1 aliphatic heterocycles. The van der Waals surface area contributed by atoms with Gasteiger partial charge in [0.25, 0.3) is 0 Å². The SMILES string of the molecule is BrC1=NO[C@H](c2cnn(-c3ccccc3)c2)C1. The molecular weight excluding hydrogens is 282 g/mol. The van der Waals surface area contributed by atoms with E-state index in [1.807, 2.05) is 47.4 Å². The van der Waals surface area contributed by atoms with Crippen molar-refractivity contribution in [2.24, 2.45) is 5.16 Å². The molecule has 17 heavy (non-hydrogen) atoms. The molecule has 0 bridgehead atoms. The van der Waals surface area contributed by atoms with Crippen molar-refractivity contribution in [2.75, 3.05) is 0 Å². The second-order valence-corrected chi connectivity index (χ2v) is 4.73. The van der Waals surface area contributed by atoms with Gasteiger partial charge in [-0.1, -0.05) is 23.4 Å². The van der Waals surface area contributed by atoms with Crippen LogP contribution < -0.4 is 0 Å². The fourth-order valence-corrected chi connectivity index (χ4v) is 2.13. The third kappa shape index (κ3) is 2.10. The van der Waals surface area contributed by atoms with E-state index in [-0.39, 0.29) is 6.10 Å². The predicted octanol–water partition coefficient (Wildman–Crippen LogP) is 3.04. The number of hydrogen-bond acceptors (Lipinski definition) is 3. The van der Waals surface area contributed by atoms with Gasteiger partial charge in [0, 0.05) is 18.2 Å². The van der Waals surface area contributed by atoms with Crippen LogP contribution >= 0.6 is 15.9 Å². The number of nitrogens with zero attached hydrogens (tertiary/aromatic N) is 3. The zero-order valence-electron chi connectivity index (χ0n) is 8.95. The maximum atomic E-state index is 5.29. The van der Waals surface area contributed by atoms with Gasteiger partial charge in [0.05, 0.1) is 11.9 Å². The van der Waals surface area contributed by atoms with Gasteiger partial charge in [0.2, 0.25) is 0 Å². The summed E-state index contributed by atoms with van der Waals surface area (Å²) in [6.07, 6.45) is 4.53. The molecule has 0 amide bonds. The molecular formula is C12H10BrN3O. The molecule has 5 heteroatoms. The summed E-state index contributed by atoms with van der Waals surface area (Å²) < 4.78 is 2.68. The van der Waals surface area contributed by atoms with Gasteiger partial charge in [-0.15, -0.1) is 0 Å². The zero-order chi connectivity index (χ0) is 11.7. The second-order valence-electron chi connectivity index (χ2n) is 3.82. The largest absolute Gasteiger partial charge is 0.386 e. The minimum atomic E-state index is -0.0261. The minimum absolute atomic E-state index is 0.0261. The van der Waals surface area contributed by atoms with Crippen molar-refractivity contribution in [3.8, 4) is 5.69 Å². The summed E-state index contributed by atoms with van der Waals surface area (Å²) in [5.74, 6) is 0. The number of oxime groups is 1. The van der Waals surface area contributed by atoms with Crippen molar-refractivity contribution in [1.82, 2.24) is 9.78 Å². The van der Waals surface area contributed by atoms with Crippen LogP contribution in [-0.2, 0) is 4.84 Å². The van der Waals surface area contributed by atoms with Gasteiger partial charge < -0.3 is 4.84 Å². The summed E-state index contributed by atoms with van der Waals surface area (Å²) in [6.45, 7) is 0. The van der Waals surface area contributed by atoms with Crippen molar-refractivity contribution < 1.29 is 4.84 Å². The minimum Gasteiger partial charge on any atom is -0.386 e. The highest BCUT2D eigenvalue weighted by molar-refractivity contribution is 9.18. The van der Waals surface area contributed by atoms with E-state index in [0.29, 0.717) is 0 Å². The van der Waals surface area contributed by atoms with Crippen molar-refractivity contribution >= 4 is 20.6 Å². The van der Waals surface area contributed by atoms with E-state index < -0.39 is 0 Å². The first-order valence-corrected chi connectivity index (χ1v) is 6.10. The summed E-state index contributed by atoms with van der Waals surface area (Å²) in [4.78, 5) is 5.29. The third-order valence-corrected chi connectivity index (χ3v) is 3.10. The zero-order valence-corrected chi connectivity index (χ0v) is 10.5. The first-order chi connectivity index (χ1) is 8.33. The molecule has 0 unspecified atom stereocenters. The fourth-order valence-electron chi connectivity index (χ4n) is 1.75. The smallest absolute Gasteiger partial charge is 0.161 e. The number of benzene rings is 1. The Morgan fingerprint density at radius 3 is 2.82 bits per heavy atom. The molecule has 0 saturated carbocycles. The van der Waals surface area contributed by atoms with Gasteiger partial charge in [-0.25, -0.2) is 4.68 Å². The molecule has 86 valence electrons. The molecule has 1 aromatic heterocycles. The lowest BCUT2D eigenvalue weighted by Gasteiger charge is -2.03. The van der Waals surface area contributed by atoms with Gasteiger partial charge in [-0.3, -0.25) is 0 Å². The van der Waals surface area contributed by atoms with E-state index >= 15 is 0 Å². The first kappa shape index (κ1) is 10.5. The van der Waals surface area contributed by atoms with Gasteiger partial charge in [0.1, 0.15) is 4.62 Å². The van der Waals surface area contributed by atoms with Crippen LogP contribution in [0.25, 0.3) is 5.69 Å². The van der Waals surface area contributed by atoms with E-state index in [0.717, 1.165) is 22.3 Å². The topological polar surface area (TPSA) is 39.4 Å². The Morgan fingerprint density at radius 1 is 1.29 bits per heavy atom. The Labute approximate surface area is 107 Å². The van der Waals surface area contributed by atoms with Crippen LogP contribution in [0.5, 0.6) is 0 Å². The summed E-state index contributed by atoms with van der Waals surface area (Å²) in [5, 5.41) is 8.20. The van der Waals surface area contributed by atoms with E-state index in [9.17, 15) is 0 Å². The fraction of sp³-hybridized carbons (Fsp3) is 0.167. The average Bonchev–Trinajstić information content (AvgIpc) is 2.98. The molecule has 4 nitrogen and oxygen atoms in total. The lowest BCUT2D eigenvalue weighted by atomic mass is 10.1. The molecule has 1 aliphatic rings. The van der Waals surface area contributed by atoms with Gasteiger partial charge >= 0.3 is 0 Å². The molecule has 1 aromatic carbocycles. The number of rotatable bonds is 2.